The predicted octanol–water partition coefficient (Wildman–Crippen LogP) is 2.22. The Morgan fingerprint density at radius 1 is 1.04 bits per heavy atom. The van der Waals surface area contributed by atoms with E-state index >= 15 is 0 Å². The Balaban J connectivity index is 2.12. The molecule has 2 atom stereocenters. The maximum Gasteiger partial charge on any atom is 0.328 e. The topological polar surface area (TPSA) is 66.9 Å². The summed E-state index contributed by atoms with van der Waals surface area (Å²) in [7, 11) is 1.35. The molecule has 2 heterocycles. The van der Waals surface area contributed by atoms with Crippen molar-refractivity contribution in [1.82, 2.24) is 9.80 Å². The van der Waals surface area contributed by atoms with Crippen LogP contribution in [0.5, 0.6) is 0 Å². The largest absolute Gasteiger partial charge is 0.467 e. The molecule has 2 amide bonds. The first kappa shape index (κ1) is 19.7. The molecule has 0 aromatic heterocycles. The standard InChI is InChI=1S/C19H32N2O4/c1-19(2,3)14(13-16(22)20-10-6-5-7-11-20)17(23)21-12-8-9-15(21)18(24)25-4/h14-15H,5-13H2,1-4H3/t14-,15+/m1/s1. The highest BCUT2D eigenvalue weighted by Gasteiger charge is 2.42. The maximum absolute atomic E-state index is 13.2. The number of hydrogen-bond acceptors (Lipinski definition) is 4. The van der Waals surface area contributed by atoms with Gasteiger partial charge in [0.25, 0.3) is 0 Å². The third-order valence-corrected chi connectivity index (χ3v) is 5.44. The summed E-state index contributed by atoms with van der Waals surface area (Å²) in [6.45, 7) is 8.10. The molecule has 0 unspecified atom stereocenters. The molecular formula is C19H32N2O4. The van der Waals surface area contributed by atoms with Gasteiger partial charge < -0.3 is 14.5 Å². The highest BCUT2D eigenvalue weighted by atomic mass is 16.5. The van der Waals surface area contributed by atoms with E-state index < -0.39 is 12.0 Å². The maximum atomic E-state index is 13.2. The Kier molecular flexibility index (Phi) is 6.47. The second-order valence-corrected chi connectivity index (χ2v) is 8.28. The minimum absolute atomic E-state index is 0.0572. The Labute approximate surface area is 150 Å². The quantitative estimate of drug-likeness (QED) is 0.728. The van der Waals surface area contributed by atoms with Crippen molar-refractivity contribution in [3.63, 3.8) is 0 Å². The average molecular weight is 352 g/mol. The van der Waals surface area contributed by atoms with Gasteiger partial charge in [-0.05, 0) is 37.5 Å². The fraction of sp³-hybridized carbons (Fsp3) is 0.842. The van der Waals surface area contributed by atoms with E-state index in [0.717, 1.165) is 32.4 Å². The number of carbonyl (C=O) groups is 3. The Bertz CT molecular complexity index is 506. The van der Waals surface area contributed by atoms with E-state index in [1.165, 1.54) is 13.5 Å². The van der Waals surface area contributed by atoms with Crippen LogP contribution in [0.15, 0.2) is 0 Å². The number of piperidine rings is 1. The van der Waals surface area contributed by atoms with E-state index in [2.05, 4.69) is 0 Å². The first-order chi connectivity index (χ1) is 11.8. The molecule has 0 aliphatic carbocycles. The first-order valence-corrected chi connectivity index (χ1v) is 9.41. The van der Waals surface area contributed by atoms with Gasteiger partial charge in [-0.25, -0.2) is 4.79 Å². The van der Waals surface area contributed by atoms with Crippen LogP contribution in [0, 0.1) is 11.3 Å². The van der Waals surface area contributed by atoms with E-state index in [9.17, 15) is 14.4 Å². The van der Waals surface area contributed by atoms with Crippen molar-refractivity contribution in [2.24, 2.45) is 11.3 Å². The molecule has 0 N–H and O–H groups in total. The number of esters is 1. The summed E-state index contributed by atoms with van der Waals surface area (Å²) in [6, 6.07) is -0.507. The molecule has 142 valence electrons. The Morgan fingerprint density at radius 2 is 1.68 bits per heavy atom. The lowest BCUT2D eigenvalue weighted by molar-refractivity contribution is -0.155. The highest BCUT2D eigenvalue weighted by Crippen LogP contribution is 2.34. The van der Waals surface area contributed by atoms with Gasteiger partial charge in [0.2, 0.25) is 11.8 Å². The van der Waals surface area contributed by atoms with Gasteiger partial charge in [0.1, 0.15) is 6.04 Å². The third-order valence-electron chi connectivity index (χ3n) is 5.44. The molecule has 0 saturated carbocycles. The Hall–Kier alpha value is -1.59. The van der Waals surface area contributed by atoms with Crippen LogP contribution in [0.3, 0.4) is 0 Å². The summed E-state index contributed by atoms with van der Waals surface area (Å²) in [5, 5.41) is 0. The van der Waals surface area contributed by atoms with Crippen molar-refractivity contribution >= 4 is 17.8 Å². The number of carbonyl (C=O) groups excluding carboxylic acids is 3. The zero-order chi connectivity index (χ0) is 18.6. The molecule has 6 heteroatoms. The lowest BCUT2D eigenvalue weighted by atomic mass is 9.77. The first-order valence-electron chi connectivity index (χ1n) is 9.41. The average Bonchev–Trinajstić information content (AvgIpc) is 3.07. The minimum atomic E-state index is -0.507. The molecule has 2 aliphatic rings. The van der Waals surface area contributed by atoms with Crippen molar-refractivity contribution < 1.29 is 19.1 Å². The monoisotopic (exact) mass is 352 g/mol. The summed E-state index contributed by atoms with van der Waals surface area (Å²) >= 11 is 0. The number of rotatable bonds is 4. The molecular weight excluding hydrogens is 320 g/mol. The number of methoxy groups -OCH3 is 1. The molecule has 2 fully saturated rings. The van der Waals surface area contributed by atoms with E-state index in [0.29, 0.717) is 13.0 Å². The van der Waals surface area contributed by atoms with Gasteiger partial charge in [0.15, 0.2) is 0 Å². The number of likely N-dealkylation sites (tertiary alicyclic amines) is 2. The van der Waals surface area contributed by atoms with Gasteiger partial charge in [0, 0.05) is 26.1 Å². The van der Waals surface area contributed by atoms with Crippen molar-refractivity contribution in [2.75, 3.05) is 26.7 Å². The van der Waals surface area contributed by atoms with Gasteiger partial charge in [-0.1, -0.05) is 20.8 Å². The molecule has 2 saturated heterocycles. The van der Waals surface area contributed by atoms with E-state index in [4.69, 9.17) is 4.74 Å². The molecule has 2 aliphatic heterocycles. The van der Waals surface area contributed by atoms with Gasteiger partial charge in [-0.3, -0.25) is 9.59 Å². The normalized spacial score (nSPS) is 22.6. The van der Waals surface area contributed by atoms with Gasteiger partial charge in [-0.15, -0.1) is 0 Å². The van der Waals surface area contributed by atoms with Crippen molar-refractivity contribution in [3.05, 3.63) is 0 Å². The molecule has 25 heavy (non-hydrogen) atoms. The van der Waals surface area contributed by atoms with E-state index in [1.807, 2.05) is 25.7 Å². The van der Waals surface area contributed by atoms with Crippen LogP contribution in [0.1, 0.15) is 59.3 Å². The molecule has 0 radical (unpaired) electrons. The summed E-state index contributed by atoms with van der Waals surface area (Å²) in [5.74, 6) is -0.819. The van der Waals surface area contributed by atoms with Crippen LogP contribution in [0.4, 0.5) is 0 Å². The van der Waals surface area contributed by atoms with Crippen LogP contribution < -0.4 is 0 Å². The lowest BCUT2D eigenvalue weighted by Gasteiger charge is -2.36. The van der Waals surface area contributed by atoms with Crippen LogP contribution in [0.2, 0.25) is 0 Å². The molecule has 6 nitrogen and oxygen atoms in total. The zero-order valence-corrected chi connectivity index (χ0v) is 16.0. The Morgan fingerprint density at radius 3 is 2.24 bits per heavy atom. The van der Waals surface area contributed by atoms with Gasteiger partial charge >= 0.3 is 5.97 Å². The zero-order valence-electron chi connectivity index (χ0n) is 16.0. The number of hydrogen-bond donors (Lipinski definition) is 0. The van der Waals surface area contributed by atoms with Gasteiger partial charge in [0.05, 0.1) is 13.0 Å². The second kappa shape index (κ2) is 8.19. The predicted molar refractivity (Wildman–Crippen MR) is 94.7 cm³/mol. The second-order valence-electron chi connectivity index (χ2n) is 8.28. The summed E-state index contributed by atoms with van der Waals surface area (Å²) in [5.41, 5.74) is -0.341. The summed E-state index contributed by atoms with van der Waals surface area (Å²) in [4.78, 5) is 41.4. The van der Waals surface area contributed by atoms with Crippen LogP contribution in [0.25, 0.3) is 0 Å². The molecule has 0 aromatic rings. The molecule has 2 rings (SSSR count). The lowest BCUT2D eigenvalue weighted by Crippen LogP contribution is -2.48. The fourth-order valence-electron chi connectivity index (χ4n) is 3.82. The number of ether oxygens (including phenoxy) is 1. The number of amides is 2. The third kappa shape index (κ3) is 4.73. The smallest absolute Gasteiger partial charge is 0.328 e. The van der Waals surface area contributed by atoms with Crippen LogP contribution >= 0.6 is 0 Å². The minimum Gasteiger partial charge on any atom is -0.467 e. The van der Waals surface area contributed by atoms with E-state index in [1.54, 1.807) is 4.90 Å². The van der Waals surface area contributed by atoms with Crippen LogP contribution in [-0.4, -0.2) is 60.4 Å². The van der Waals surface area contributed by atoms with Gasteiger partial charge in [-0.2, -0.15) is 0 Å². The van der Waals surface area contributed by atoms with E-state index in [-0.39, 0.29) is 29.6 Å². The van der Waals surface area contributed by atoms with Crippen LogP contribution in [-0.2, 0) is 19.1 Å². The van der Waals surface area contributed by atoms with Crippen molar-refractivity contribution in [1.29, 1.82) is 0 Å². The molecule has 0 aromatic carbocycles. The fourth-order valence-corrected chi connectivity index (χ4v) is 3.82. The SMILES string of the molecule is COC(=O)[C@@H]1CCCN1C(=O)[C@@H](CC(=O)N1CCCCC1)C(C)(C)C. The summed E-state index contributed by atoms with van der Waals surface area (Å²) in [6.07, 6.45) is 4.89. The number of nitrogens with zero attached hydrogens (tertiary/aromatic N) is 2. The van der Waals surface area contributed by atoms with Crippen molar-refractivity contribution in [2.45, 2.75) is 65.3 Å². The van der Waals surface area contributed by atoms with Crippen molar-refractivity contribution in [3.8, 4) is 0 Å². The summed E-state index contributed by atoms with van der Waals surface area (Å²) < 4.78 is 4.85. The molecule has 0 spiro atoms. The molecule has 0 bridgehead atoms. The highest BCUT2D eigenvalue weighted by molar-refractivity contribution is 5.90.